The zero-order valence-corrected chi connectivity index (χ0v) is 26.3. The minimum Gasteiger partial charge on any atom is -0.491 e. The van der Waals surface area contributed by atoms with E-state index in [0.29, 0.717) is 69.4 Å². The van der Waals surface area contributed by atoms with E-state index in [1.165, 1.54) is 4.90 Å². The summed E-state index contributed by atoms with van der Waals surface area (Å²) in [6.45, 7) is 2.32. The number of carbonyl (C=O) groups is 2. The molecule has 11 nitrogen and oxygen atoms in total. The molecule has 2 unspecified atom stereocenters. The fraction of sp³-hybridized carbons (Fsp3) is 0.429. The van der Waals surface area contributed by atoms with Gasteiger partial charge in [-0.05, 0) is 72.7 Å². The lowest BCUT2D eigenvalue weighted by atomic mass is 9.88. The summed E-state index contributed by atoms with van der Waals surface area (Å²) in [5.41, 5.74) is 2.61. The van der Waals surface area contributed by atoms with Crippen LogP contribution < -0.4 is 19.1 Å². The quantitative estimate of drug-likeness (QED) is 0.222. The van der Waals surface area contributed by atoms with E-state index in [2.05, 4.69) is 0 Å². The van der Waals surface area contributed by atoms with Gasteiger partial charge in [0.1, 0.15) is 42.8 Å². The maximum Gasteiger partial charge on any atom is 0.409 e. The number of likely N-dealkylation sites (tertiary alicyclic amines) is 1. The van der Waals surface area contributed by atoms with Gasteiger partial charge in [-0.15, -0.1) is 0 Å². The van der Waals surface area contributed by atoms with Crippen molar-refractivity contribution in [2.45, 2.75) is 44.1 Å². The molecule has 0 radical (unpaired) electrons. The minimum absolute atomic E-state index is 0.00262. The summed E-state index contributed by atoms with van der Waals surface area (Å²) < 4.78 is 34.3. The molecule has 2 heterocycles. The van der Waals surface area contributed by atoms with Gasteiger partial charge >= 0.3 is 6.09 Å². The smallest absolute Gasteiger partial charge is 0.409 e. The van der Waals surface area contributed by atoms with Crippen LogP contribution in [-0.4, -0.2) is 88.1 Å². The average molecular weight is 635 g/mol. The first-order chi connectivity index (χ1) is 22.4. The number of ether oxygens (including phenoxy) is 6. The standard InChI is InChI=1S/C35H42N2O9/c1-41-18-6-16-36-31-19-25(9-14-32(31)45-24-33(36)38)21-46-34-20-27(15-17-37(34)35(39)40)26-10-12-29(13-11-26)44-23-30(42-2)22-43-28-7-4-3-5-8-28/h3-5,7-14,19,27,30,34H,6,15-18,20-24H2,1-2H3,(H,39,40)/t27?,30-,34?/m1/s1. The number of fused-ring (bicyclic) bond motifs is 1. The number of nitrogens with zero attached hydrogens (tertiary/aromatic N) is 2. The summed E-state index contributed by atoms with van der Waals surface area (Å²) in [5, 5.41) is 9.89. The van der Waals surface area contributed by atoms with E-state index >= 15 is 0 Å². The molecule has 2 aliphatic rings. The highest BCUT2D eigenvalue weighted by Crippen LogP contribution is 2.36. The first kappa shape index (κ1) is 33.1. The van der Waals surface area contributed by atoms with E-state index in [0.717, 1.165) is 16.9 Å². The third-order valence-electron chi connectivity index (χ3n) is 8.24. The van der Waals surface area contributed by atoms with Gasteiger partial charge in [0.2, 0.25) is 0 Å². The van der Waals surface area contributed by atoms with Crippen LogP contribution in [0.25, 0.3) is 0 Å². The molecule has 5 rings (SSSR count). The summed E-state index contributed by atoms with van der Waals surface area (Å²) in [4.78, 5) is 27.7. The van der Waals surface area contributed by atoms with Gasteiger partial charge < -0.3 is 38.4 Å². The lowest BCUT2D eigenvalue weighted by Gasteiger charge is -2.37. The van der Waals surface area contributed by atoms with Crippen LogP contribution in [0.1, 0.15) is 36.3 Å². The molecule has 0 spiro atoms. The molecule has 0 saturated carbocycles. The Bertz CT molecular complexity index is 1420. The number of carbonyl (C=O) groups excluding carboxylic acids is 1. The zero-order valence-electron chi connectivity index (χ0n) is 26.3. The average Bonchev–Trinajstić information content (AvgIpc) is 3.09. The summed E-state index contributed by atoms with van der Waals surface area (Å²) in [6, 6.07) is 23.1. The van der Waals surface area contributed by atoms with Gasteiger partial charge in [-0.3, -0.25) is 9.69 Å². The van der Waals surface area contributed by atoms with E-state index in [-0.39, 0.29) is 31.1 Å². The summed E-state index contributed by atoms with van der Waals surface area (Å²) in [7, 11) is 3.27. The summed E-state index contributed by atoms with van der Waals surface area (Å²) in [5.74, 6) is 2.13. The van der Waals surface area contributed by atoms with Gasteiger partial charge in [0.05, 0.1) is 12.3 Å². The van der Waals surface area contributed by atoms with Crippen molar-refractivity contribution in [2.24, 2.45) is 0 Å². The number of benzene rings is 3. The maximum absolute atomic E-state index is 12.6. The second kappa shape index (κ2) is 16.3. The van der Waals surface area contributed by atoms with Crippen molar-refractivity contribution in [1.29, 1.82) is 0 Å². The van der Waals surface area contributed by atoms with Gasteiger partial charge in [-0.1, -0.05) is 36.4 Å². The van der Waals surface area contributed by atoms with Crippen molar-refractivity contribution in [1.82, 2.24) is 4.90 Å². The number of rotatable bonds is 15. The van der Waals surface area contributed by atoms with Gasteiger partial charge in [-0.25, -0.2) is 4.79 Å². The van der Waals surface area contributed by atoms with Crippen LogP contribution in [0.4, 0.5) is 10.5 Å². The molecule has 3 aromatic carbocycles. The largest absolute Gasteiger partial charge is 0.491 e. The SMILES string of the molecule is COCCCN1C(=O)COc2ccc(COC3CC(c4ccc(OC[C@@H](COc5ccccc5)OC)cc4)CCN3C(=O)O)cc21. The summed E-state index contributed by atoms with van der Waals surface area (Å²) >= 11 is 0. The molecule has 3 atom stereocenters. The van der Waals surface area contributed by atoms with Crippen LogP contribution in [-0.2, 0) is 25.6 Å². The highest BCUT2D eigenvalue weighted by Gasteiger charge is 2.33. The van der Waals surface area contributed by atoms with Crippen LogP contribution in [0, 0.1) is 0 Å². The Kier molecular flexibility index (Phi) is 11.7. The van der Waals surface area contributed by atoms with E-state index in [1.54, 1.807) is 19.1 Å². The first-order valence-electron chi connectivity index (χ1n) is 15.5. The molecule has 1 N–H and O–H groups in total. The Morgan fingerprint density at radius 1 is 1.00 bits per heavy atom. The summed E-state index contributed by atoms with van der Waals surface area (Å²) in [6.07, 6.45) is 0.0362. The first-order valence-corrected chi connectivity index (χ1v) is 15.5. The number of amides is 2. The molecule has 2 aliphatic heterocycles. The second-order valence-electron chi connectivity index (χ2n) is 11.3. The Labute approximate surface area is 269 Å². The van der Waals surface area contributed by atoms with Crippen molar-refractivity contribution in [2.75, 3.05) is 58.6 Å². The van der Waals surface area contributed by atoms with Crippen LogP contribution in [0.2, 0.25) is 0 Å². The zero-order chi connectivity index (χ0) is 32.3. The van der Waals surface area contributed by atoms with Gasteiger partial charge in [0, 0.05) is 33.9 Å². The van der Waals surface area contributed by atoms with Crippen LogP contribution in [0.3, 0.4) is 0 Å². The lowest BCUT2D eigenvalue weighted by molar-refractivity contribution is -0.121. The van der Waals surface area contributed by atoms with Crippen LogP contribution >= 0.6 is 0 Å². The van der Waals surface area contributed by atoms with Gasteiger partial charge in [-0.2, -0.15) is 0 Å². The molecule has 1 saturated heterocycles. The predicted octanol–water partition coefficient (Wildman–Crippen LogP) is 5.32. The molecule has 1 fully saturated rings. The maximum atomic E-state index is 12.6. The van der Waals surface area contributed by atoms with Gasteiger partial charge in [0.15, 0.2) is 6.61 Å². The second-order valence-corrected chi connectivity index (χ2v) is 11.3. The Balaban J connectivity index is 1.17. The van der Waals surface area contributed by atoms with Gasteiger partial charge in [0.25, 0.3) is 5.91 Å². The third-order valence-corrected chi connectivity index (χ3v) is 8.24. The topological polar surface area (TPSA) is 116 Å². The van der Waals surface area contributed by atoms with Crippen LogP contribution in [0.5, 0.6) is 17.2 Å². The van der Waals surface area contributed by atoms with E-state index in [4.69, 9.17) is 28.4 Å². The molecule has 0 aromatic heterocycles. The third kappa shape index (κ3) is 8.68. The molecule has 3 aromatic rings. The van der Waals surface area contributed by atoms with Crippen LogP contribution in [0.15, 0.2) is 72.8 Å². The molecule has 11 heteroatoms. The number of carboxylic acid groups (broad SMARTS) is 1. The lowest BCUT2D eigenvalue weighted by Crippen LogP contribution is -2.46. The fourth-order valence-corrected chi connectivity index (χ4v) is 5.66. The van der Waals surface area contributed by atoms with E-state index < -0.39 is 12.3 Å². The molecule has 2 amide bonds. The molecular weight excluding hydrogens is 592 g/mol. The van der Waals surface area contributed by atoms with Crippen molar-refractivity contribution in [3.8, 4) is 17.2 Å². The monoisotopic (exact) mass is 634 g/mol. The van der Waals surface area contributed by atoms with Crippen molar-refractivity contribution in [3.05, 3.63) is 83.9 Å². The Hall–Kier alpha value is -4.32. The fourth-order valence-electron chi connectivity index (χ4n) is 5.66. The van der Waals surface area contributed by atoms with E-state index in [1.807, 2.05) is 72.8 Å². The van der Waals surface area contributed by atoms with Crippen molar-refractivity contribution in [3.63, 3.8) is 0 Å². The number of para-hydroxylation sites is 1. The number of hydrogen-bond acceptors (Lipinski definition) is 8. The molecule has 0 aliphatic carbocycles. The molecule has 246 valence electrons. The molecule has 0 bridgehead atoms. The Morgan fingerprint density at radius 2 is 1.74 bits per heavy atom. The van der Waals surface area contributed by atoms with Crippen molar-refractivity contribution >= 4 is 17.7 Å². The molecular formula is C35H42N2O9. The predicted molar refractivity (Wildman–Crippen MR) is 171 cm³/mol. The number of piperidine rings is 1. The minimum atomic E-state index is -1.01. The van der Waals surface area contributed by atoms with Crippen molar-refractivity contribution < 1.29 is 43.1 Å². The normalized spacial score (nSPS) is 18.4. The highest BCUT2D eigenvalue weighted by atomic mass is 16.6. The molecule has 46 heavy (non-hydrogen) atoms. The highest BCUT2D eigenvalue weighted by molar-refractivity contribution is 5.97. The number of methoxy groups -OCH3 is 2. The number of anilines is 1. The number of hydrogen-bond donors (Lipinski definition) is 1. The Morgan fingerprint density at radius 3 is 2.43 bits per heavy atom. The van der Waals surface area contributed by atoms with E-state index in [9.17, 15) is 14.7 Å².